The second kappa shape index (κ2) is 4.75. The molecule has 1 aromatic rings. The van der Waals surface area contributed by atoms with Crippen LogP contribution in [0.25, 0.3) is 0 Å². The maximum atomic E-state index is 4.16. The largest absolute Gasteiger partial charge is 0.310 e. The summed E-state index contributed by atoms with van der Waals surface area (Å²) >= 11 is 0. The molecule has 1 unspecified atom stereocenters. The fourth-order valence-electron chi connectivity index (χ4n) is 2.09. The standard InChI is InChI=1S/C13H20N2/c1-3-7-15-13(11-4-5-11)12-6-8-14-9-10(12)2/h6,8-9,11,13,15H,3-5,7H2,1-2H3. The predicted octanol–water partition coefficient (Wildman–Crippen LogP) is 2.84. The van der Waals surface area contributed by atoms with Gasteiger partial charge >= 0.3 is 0 Å². The molecular weight excluding hydrogens is 184 g/mol. The summed E-state index contributed by atoms with van der Waals surface area (Å²) in [4.78, 5) is 4.16. The highest BCUT2D eigenvalue weighted by Gasteiger charge is 2.32. The zero-order valence-corrected chi connectivity index (χ0v) is 9.66. The van der Waals surface area contributed by atoms with Crippen LogP contribution in [0.2, 0.25) is 0 Å². The Hall–Kier alpha value is -0.890. The molecule has 1 aromatic heterocycles. The van der Waals surface area contributed by atoms with Crippen molar-refractivity contribution in [2.24, 2.45) is 5.92 Å². The number of rotatable bonds is 5. The molecule has 0 saturated heterocycles. The molecule has 2 nitrogen and oxygen atoms in total. The summed E-state index contributed by atoms with van der Waals surface area (Å²) in [7, 11) is 0. The number of nitrogens with zero attached hydrogens (tertiary/aromatic N) is 1. The van der Waals surface area contributed by atoms with Gasteiger partial charge in [0.25, 0.3) is 0 Å². The van der Waals surface area contributed by atoms with Gasteiger partial charge in [-0.25, -0.2) is 0 Å². The lowest BCUT2D eigenvalue weighted by Gasteiger charge is -2.20. The Morgan fingerprint density at radius 2 is 2.33 bits per heavy atom. The highest BCUT2D eigenvalue weighted by atomic mass is 14.9. The van der Waals surface area contributed by atoms with Crippen LogP contribution >= 0.6 is 0 Å². The van der Waals surface area contributed by atoms with Crippen LogP contribution in [0, 0.1) is 12.8 Å². The maximum Gasteiger partial charge on any atom is 0.0352 e. The summed E-state index contributed by atoms with van der Waals surface area (Å²) in [5.41, 5.74) is 2.76. The van der Waals surface area contributed by atoms with E-state index in [1.807, 2.05) is 12.4 Å². The van der Waals surface area contributed by atoms with Gasteiger partial charge < -0.3 is 5.32 Å². The fourth-order valence-corrected chi connectivity index (χ4v) is 2.09. The average molecular weight is 204 g/mol. The van der Waals surface area contributed by atoms with E-state index < -0.39 is 0 Å². The third-order valence-corrected chi connectivity index (χ3v) is 3.11. The fraction of sp³-hybridized carbons (Fsp3) is 0.615. The summed E-state index contributed by atoms with van der Waals surface area (Å²) in [5.74, 6) is 0.859. The molecule has 0 aliphatic heterocycles. The van der Waals surface area contributed by atoms with Crippen molar-refractivity contribution in [3.05, 3.63) is 29.6 Å². The number of hydrogen-bond donors (Lipinski definition) is 1. The maximum absolute atomic E-state index is 4.16. The molecule has 1 saturated carbocycles. The lowest BCUT2D eigenvalue weighted by Crippen LogP contribution is -2.24. The van der Waals surface area contributed by atoms with Gasteiger partial charge in [-0.1, -0.05) is 6.92 Å². The Kier molecular flexibility index (Phi) is 3.37. The van der Waals surface area contributed by atoms with Crippen molar-refractivity contribution in [1.82, 2.24) is 10.3 Å². The van der Waals surface area contributed by atoms with Crippen LogP contribution < -0.4 is 5.32 Å². The van der Waals surface area contributed by atoms with Crippen molar-refractivity contribution in [3.8, 4) is 0 Å². The molecule has 1 fully saturated rings. The van der Waals surface area contributed by atoms with Crippen LogP contribution in [0.1, 0.15) is 43.4 Å². The van der Waals surface area contributed by atoms with Crippen LogP contribution in [-0.2, 0) is 0 Å². The summed E-state index contributed by atoms with van der Waals surface area (Å²) in [6.07, 6.45) is 7.84. The molecule has 0 spiro atoms. The van der Waals surface area contributed by atoms with Gasteiger partial charge in [0, 0.05) is 18.4 Å². The average Bonchev–Trinajstić information content (AvgIpc) is 3.05. The molecule has 82 valence electrons. The topological polar surface area (TPSA) is 24.9 Å². The molecule has 1 atom stereocenters. The number of nitrogens with one attached hydrogen (secondary N) is 1. The summed E-state index contributed by atoms with van der Waals surface area (Å²) in [6, 6.07) is 2.73. The van der Waals surface area contributed by atoms with E-state index in [9.17, 15) is 0 Å². The second-order valence-electron chi connectivity index (χ2n) is 4.50. The first-order valence-electron chi connectivity index (χ1n) is 5.96. The van der Waals surface area contributed by atoms with Gasteiger partial charge in [0.1, 0.15) is 0 Å². The Morgan fingerprint density at radius 1 is 1.53 bits per heavy atom. The van der Waals surface area contributed by atoms with Gasteiger partial charge in [-0.3, -0.25) is 4.98 Å². The van der Waals surface area contributed by atoms with Crippen molar-refractivity contribution in [2.45, 2.75) is 39.2 Å². The molecule has 15 heavy (non-hydrogen) atoms. The van der Waals surface area contributed by atoms with Gasteiger partial charge in [-0.05, 0) is 55.8 Å². The van der Waals surface area contributed by atoms with E-state index in [0.717, 1.165) is 12.5 Å². The molecule has 0 bridgehead atoms. The molecule has 1 N–H and O–H groups in total. The van der Waals surface area contributed by atoms with Crippen molar-refractivity contribution in [3.63, 3.8) is 0 Å². The van der Waals surface area contributed by atoms with E-state index in [-0.39, 0.29) is 0 Å². The van der Waals surface area contributed by atoms with E-state index >= 15 is 0 Å². The second-order valence-corrected chi connectivity index (χ2v) is 4.50. The zero-order chi connectivity index (χ0) is 10.7. The van der Waals surface area contributed by atoms with Crippen molar-refractivity contribution >= 4 is 0 Å². The normalized spacial score (nSPS) is 17.7. The number of aromatic nitrogens is 1. The number of hydrogen-bond acceptors (Lipinski definition) is 2. The van der Waals surface area contributed by atoms with Gasteiger partial charge in [0.2, 0.25) is 0 Å². The van der Waals surface area contributed by atoms with Crippen molar-refractivity contribution in [2.75, 3.05) is 6.54 Å². The van der Waals surface area contributed by atoms with Gasteiger partial charge in [0.05, 0.1) is 0 Å². The minimum absolute atomic E-state index is 0.563. The molecule has 1 aliphatic rings. The summed E-state index contributed by atoms with van der Waals surface area (Å²) < 4.78 is 0. The van der Waals surface area contributed by atoms with Gasteiger partial charge in [0.15, 0.2) is 0 Å². The van der Waals surface area contributed by atoms with Crippen molar-refractivity contribution < 1.29 is 0 Å². The lowest BCUT2D eigenvalue weighted by atomic mass is 9.99. The van der Waals surface area contributed by atoms with Crippen LogP contribution in [0.4, 0.5) is 0 Å². The predicted molar refractivity (Wildman–Crippen MR) is 62.7 cm³/mol. The first kappa shape index (κ1) is 10.6. The van der Waals surface area contributed by atoms with E-state index in [2.05, 4.69) is 30.2 Å². The van der Waals surface area contributed by atoms with E-state index in [4.69, 9.17) is 0 Å². The molecule has 0 amide bonds. The minimum atomic E-state index is 0.563. The van der Waals surface area contributed by atoms with E-state index in [1.54, 1.807) is 0 Å². The third kappa shape index (κ3) is 2.57. The van der Waals surface area contributed by atoms with E-state index in [0.29, 0.717) is 6.04 Å². The number of aryl methyl sites for hydroxylation is 1. The van der Waals surface area contributed by atoms with Crippen molar-refractivity contribution in [1.29, 1.82) is 0 Å². The molecule has 2 heteroatoms. The summed E-state index contributed by atoms with van der Waals surface area (Å²) in [6.45, 7) is 5.49. The van der Waals surface area contributed by atoms with Crippen LogP contribution in [-0.4, -0.2) is 11.5 Å². The molecule has 0 aromatic carbocycles. The smallest absolute Gasteiger partial charge is 0.0352 e. The molecule has 1 heterocycles. The van der Waals surface area contributed by atoms with Crippen LogP contribution in [0.5, 0.6) is 0 Å². The Balaban J connectivity index is 2.13. The van der Waals surface area contributed by atoms with Crippen LogP contribution in [0.15, 0.2) is 18.5 Å². The Bertz CT molecular complexity index is 318. The minimum Gasteiger partial charge on any atom is -0.310 e. The number of pyridine rings is 1. The Morgan fingerprint density at radius 3 is 2.93 bits per heavy atom. The van der Waals surface area contributed by atoms with Gasteiger partial charge in [-0.15, -0.1) is 0 Å². The van der Waals surface area contributed by atoms with Gasteiger partial charge in [-0.2, -0.15) is 0 Å². The first-order valence-corrected chi connectivity index (χ1v) is 5.96. The molecule has 0 radical (unpaired) electrons. The van der Waals surface area contributed by atoms with E-state index in [1.165, 1.54) is 30.4 Å². The highest BCUT2D eigenvalue weighted by Crippen LogP contribution is 2.41. The molecule has 1 aliphatic carbocycles. The Labute approximate surface area is 92.1 Å². The third-order valence-electron chi connectivity index (χ3n) is 3.11. The molecular formula is C13H20N2. The summed E-state index contributed by atoms with van der Waals surface area (Å²) in [5, 5.41) is 3.66. The zero-order valence-electron chi connectivity index (χ0n) is 9.66. The quantitative estimate of drug-likeness (QED) is 0.797. The first-order chi connectivity index (χ1) is 7.33. The highest BCUT2D eigenvalue weighted by molar-refractivity contribution is 5.27. The monoisotopic (exact) mass is 204 g/mol. The lowest BCUT2D eigenvalue weighted by molar-refractivity contribution is 0.479. The SMILES string of the molecule is CCCNC(c1ccncc1C)C1CC1. The van der Waals surface area contributed by atoms with Crippen LogP contribution in [0.3, 0.4) is 0 Å². The molecule has 2 rings (SSSR count).